The maximum Gasteiger partial charge on any atom is 0.00106 e. The fourth-order valence-electron chi connectivity index (χ4n) is 2.68. The van der Waals surface area contributed by atoms with E-state index in [2.05, 4.69) is 16.8 Å². The van der Waals surface area contributed by atoms with E-state index in [0.717, 1.165) is 5.92 Å². The highest BCUT2D eigenvalue weighted by atomic mass is 15.1. The van der Waals surface area contributed by atoms with Gasteiger partial charge in [0.15, 0.2) is 0 Å². The van der Waals surface area contributed by atoms with Crippen molar-refractivity contribution in [3.63, 3.8) is 0 Å². The standard InChI is InChI=1S/C12H23N2/c1-13-9-5-12(6-10-13)11-14-7-3-2-4-8-14/h12H,1-11H2/q-1. The molecule has 0 saturated carbocycles. The minimum atomic E-state index is 0.950. The summed E-state index contributed by atoms with van der Waals surface area (Å²) in [6, 6.07) is 0. The molecule has 0 N–H and O–H groups in total. The van der Waals surface area contributed by atoms with E-state index < -0.39 is 0 Å². The molecule has 0 bridgehead atoms. The Morgan fingerprint density at radius 3 is 2.21 bits per heavy atom. The highest BCUT2D eigenvalue weighted by Gasteiger charge is 2.18. The molecule has 0 aromatic heterocycles. The lowest BCUT2D eigenvalue weighted by molar-refractivity contribution is 0.151. The Hall–Kier alpha value is -0.0800. The first kappa shape index (κ1) is 10.4. The highest BCUT2D eigenvalue weighted by Crippen LogP contribution is 2.19. The average molecular weight is 195 g/mol. The number of likely N-dealkylation sites (tertiary alicyclic amines) is 2. The van der Waals surface area contributed by atoms with Gasteiger partial charge in [0, 0.05) is 6.54 Å². The van der Waals surface area contributed by atoms with Crippen molar-refractivity contribution in [2.75, 3.05) is 32.7 Å². The van der Waals surface area contributed by atoms with Gasteiger partial charge in [0.2, 0.25) is 0 Å². The topological polar surface area (TPSA) is 6.48 Å². The van der Waals surface area contributed by atoms with E-state index in [4.69, 9.17) is 0 Å². The molecule has 0 aliphatic carbocycles. The summed E-state index contributed by atoms with van der Waals surface area (Å²) in [5.41, 5.74) is 0. The van der Waals surface area contributed by atoms with E-state index in [1.807, 2.05) is 0 Å². The Balaban J connectivity index is 1.68. The van der Waals surface area contributed by atoms with Crippen molar-refractivity contribution in [3.05, 3.63) is 7.05 Å². The molecule has 0 unspecified atom stereocenters. The van der Waals surface area contributed by atoms with Gasteiger partial charge in [-0.15, -0.1) is 0 Å². The second-order valence-corrected chi connectivity index (χ2v) is 4.92. The smallest absolute Gasteiger partial charge is 0.00106 e. The van der Waals surface area contributed by atoms with E-state index in [-0.39, 0.29) is 0 Å². The number of nitrogens with zero attached hydrogens (tertiary/aromatic N) is 2. The summed E-state index contributed by atoms with van der Waals surface area (Å²) in [6.07, 6.45) is 7.02. The third-order valence-corrected chi connectivity index (χ3v) is 3.67. The Morgan fingerprint density at radius 2 is 1.57 bits per heavy atom. The Labute approximate surface area is 88.3 Å². The summed E-state index contributed by atoms with van der Waals surface area (Å²) in [7, 11) is 4.00. The third-order valence-electron chi connectivity index (χ3n) is 3.67. The molecule has 0 atom stereocenters. The summed E-state index contributed by atoms with van der Waals surface area (Å²) in [6.45, 7) is 6.47. The van der Waals surface area contributed by atoms with E-state index in [1.165, 1.54) is 64.8 Å². The summed E-state index contributed by atoms with van der Waals surface area (Å²) in [5.74, 6) is 0.950. The highest BCUT2D eigenvalue weighted by molar-refractivity contribution is 4.76. The van der Waals surface area contributed by atoms with Gasteiger partial charge in [0.25, 0.3) is 0 Å². The van der Waals surface area contributed by atoms with E-state index in [9.17, 15) is 0 Å². The number of hydrogen-bond donors (Lipinski definition) is 0. The van der Waals surface area contributed by atoms with Gasteiger partial charge in [0.05, 0.1) is 0 Å². The van der Waals surface area contributed by atoms with Gasteiger partial charge >= 0.3 is 0 Å². The molecule has 0 aromatic rings. The van der Waals surface area contributed by atoms with Gasteiger partial charge in [-0.25, -0.2) is 0 Å². The van der Waals surface area contributed by atoms with Crippen molar-refractivity contribution in [2.24, 2.45) is 5.92 Å². The van der Waals surface area contributed by atoms with E-state index in [0.29, 0.717) is 0 Å². The fourth-order valence-corrected chi connectivity index (χ4v) is 2.68. The summed E-state index contributed by atoms with van der Waals surface area (Å²) in [5, 5.41) is 0. The maximum absolute atomic E-state index is 4.00. The zero-order valence-electron chi connectivity index (χ0n) is 9.25. The van der Waals surface area contributed by atoms with Crippen LogP contribution in [0.1, 0.15) is 32.1 Å². The van der Waals surface area contributed by atoms with Crippen molar-refractivity contribution in [1.29, 1.82) is 0 Å². The maximum atomic E-state index is 4.00. The predicted octanol–water partition coefficient (Wildman–Crippen LogP) is 1.98. The molecule has 2 aliphatic heterocycles. The van der Waals surface area contributed by atoms with Gasteiger partial charge in [-0.1, -0.05) is 6.42 Å². The van der Waals surface area contributed by atoms with Crippen LogP contribution < -0.4 is 0 Å². The Bertz CT molecular complexity index is 156. The molecule has 2 saturated heterocycles. The molecule has 0 amide bonds. The van der Waals surface area contributed by atoms with Crippen LogP contribution >= 0.6 is 0 Å². The lowest BCUT2D eigenvalue weighted by Crippen LogP contribution is -2.38. The number of piperidine rings is 2. The second-order valence-electron chi connectivity index (χ2n) is 4.92. The molecule has 2 heterocycles. The largest absolute Gasteiger partial charge is 0.459 e. The first-order valence-corrected chi connectivity index (χ1v) is 6.12. The minimum absolute atomic E-state index is 0.950. The minimum Gasteiger partial charge on any atom is -0.459 e. The molecule has 14 heavy (non-hydrogen) atoms. The van der Waals surface area contributed by atoms with Crippen LogP contribution in [0.15, 0.2) is 0 Å². The normalized spacial score (nSPS) is 28.1. The predicted molar refractivity (Wildman–Crippen MR) is 59.9 cm³/mol. The molecule has 2 heteroatoms. The van der Waals surface area contributed by atoms with E-state index in [1.54, 1.807) is 0 Å². The van der Waals surface area contributed by atoms with Gasteiger partial charge in [-0.3, -0.25) is 7.05 Å². The quantitative estimate of drug-likeness (QED) is 0.622. The van der Waals surface area contributed by atoms with Crippen LogP contribution in [0.3, 0.4) is 0 Å². The van der Waals surface area contributed by atoms with Crippen molar-refractivity contribution in [3.8, 4) is 0 Å². The Kier molecular flexibility index (Phi) is 3.82. The monoisotopic (exact) mass is 195 g/mol. The fraction of sp³-hybridized carbons (Fsp3) is 0.917. The first-order valence-electron chi connectivity index (χ1n) is 6.12. The molecule has 2 aliphatic rings. The van der Waals surface area contributed by atoms with Crippen LogP contribution in [0.25, 0.3) is 0 Å². The zero-order chi connectivity index (χ0) is 9.80. The van der Waals surface area contributed by atoms with Gasteiger partial charge in [-0.05, 0) is 57.8 Å². The van der Waals surface area contributed by atoms with Gasteiger partial charge in [-0.2, -0.15) is 0 Å². The number of rotatable bonds is 2. The van der Waals surface area contributed by atoms with Crippen LogP contribution in [0, 0.1) is 13.0 Å². The molecule has 2 fully saturated rings. The molecule has 0 aromatic carbocycles. The van der Waals surface area contributed by atoms with Crippen LogP contribution in [-0.4, -0.2) is 42.5 Å². The van der Waals surface area contributed by atoms with Crippen LogP contribution in [0.5, 0.6) is 0 Å². The van der Waals surface area contributed by atoms with Crippen molar-refractivity contribution in [1.82, 2.24) is 9.80 Å². The van der Waals surface area contributed by atoms with Crippen LogP contribution in [0.4, 0.5) is 0 Å². The molecular formula is C12H23N2-. The van der Waals surface area contributed by atoms with Crippen molar-refractivity contribution < 1.29 is 0 Å². The summed E-state index contributed by atoms with van der Waals surface area (Å²) >= 11 is 0. The van der Waals surface area contributed by atoms with Crippen molar-refractivity contribution >= 4 is 0 Å². The molecule has 82 valence electrons. The summed E-state index contributed by atoms with van der Waals surface area (Å²) in [4.78, 5) is 4.89. The third kappa shape index (κ3) is 2.96. The molecular weight excluding hydrogens is 172 g/mol. The molecule has 2 nitrogen and oxygen atoms in total. The van der Waals surface area contributed by atoms with Crippen LogP contribution in [0.2, 0.25) is 0 Å². The molecule has 0 spiro atoms. The molecule has 0 radical (unpaired) electrons. The van der Waals surface area contributed by atoms with E-state index >= 15 is 0 Å². The second kappa shape index (κ2) is 5.13. The lowest BCUT2D eigenvalue weighted by Gasteiger charge is -2.37. The van der Waals surface area contributed by atoms with Gasteiger partial charge < -0.3 is 9.80 Å². The van der Waals surface area contributed by atoms with Crippen LogP contribution in [-0.2, 0) is 0 Å². The first-order chi connectivity index (χ1) is 6.84. The SMILES string of the molecule is [CH2-]N1CCC(CN2CCCCC2)CC1. The average Bonchev–Trinajstić information content (AvgIpc) is 2.23. The lowest BCUT2D eigenvalue weighted by atomic mass is 9.96. The molecule has 2 rings (SSSR count). The Morgan fingerprint density at radius 1 is 0.929 bits per heavy atom. The zero-order valence-corrected chi connectivity index (χ0v) is 9.25. The summed E-state index contributed by atoms with van der Waals surface area (Å²) < 4.78 is 0. The van der Waals surface area contributed by atoms with Crippen molar-refractivity contribution in [2.45, 2.75) is 32.1 Å². The number of hydrogen-bond acceptors (Lipinski definition) is 2. The van der Waals surface area contributed by atoms with Gasteiger partial charge in [0.1, 0.15) is 0 Å².